The lowest BCUT2D eigenvalue weighted by Crippen LogP contribution is -2.61. The van der Waals surface area contributed by atoms with E-state index in [2.05, 4.69) is 0 Å². The SMILES string of the molecule is CC1(C)[C@H]2CC[C@@]1(C)C(=O)N(CC(=O)N1CCC(Oc3cccc(F)c3)CC1)C2=O. The number of rotatable bonds is 4. The fraction of sp³-hybridized carbons (Fsp3) is 0.609. The van der Waals surface area contributed by atoms with Gasteiger partial charge in [0.1, 0.15) is 24.2 Å². The van der Waals surface area contributed by atoms with Crippen molar-refractivity contribution in [1.29, 1.82) is 0 Å². The summed E-state index contributed by atoms with van der Waals surface area (Å²) >= 11 is 0. The number of fused-ring (bicyclic) bond motifs is 2. The number of nitrogens with zero attached hydrogens (tertiary/aromatic N) is 2. The molecule has 2 heterocycles. The Balaban J connectivity index is 1.35. The number of hydrogen-bond donors (Lipinski definition) is 0. The van der Waals surface area contributed by atoms with Crippen LogP contribution in [0.3, 0.4) is 0 Å². The van der Waals surface area contributed by atoms with Crippen molar-refractivity contribution >= 4 is 17.7 Å². The van der Waals surface area contributed by atoms with E-state index < -0.39 is 5.41 Å². The summed E-state index contributed by atoms with van der Waals surface area (Å²) in [4.78, 5) is 41.8. The van der Waals surface area contributed by atoms with E-state index in [0.717, 1.165) is 0 Å². The van der Waals surface area contributed by atoms with Gasteiger partial charge in [0.2, 0.25) is 17.7 Å². The minimum absolute atomic E-state index is 0.0929. The fourth-order valence-corrected chi connectivity index (χ4v) is 5.24. The molecule has 2 saturated heterocycles. The molecule has 3 amide bonds. The van der Waals surface area contributed by atoms with Gasteiger partial charge in [-0.25, -0.2) is 4.39 Å². The highest BCUT2D eigenvalue weighted by atomic mass is 19.1. The Bertz CT molecular complexity index is 878. The van der Waals surface area contributed by atoms with Crippen LogP contribution in [0.15, 0.2) is 24.3 Å². The minimum atomic E-state index is -0.600. The van der Waals surface area contributed by atoms with E-state index >= 15 is 0 Å². The third-order valence-electron chi connectivity index (χ3n) is 7.69. The molecule has 3 fully saturated rings. The summed E-state index contributed by atoms with van der Waals surface area (Å²) in [6, 6.07) is 6.03. The van der Waals surface area contributed by atoms with Gasteiger partial charge in [0.05, 0.1) is 5.41 Å². The maximum Gasteiger partial charge on any atom is 0.242 e. The third kappa shape index (κ3) is 3.28. The van der Waals surface area contributed by atoms with Crippen LogP contribution in [0.2, 0.25) is 0 Å². The molecule has 1 aromatic carbocycles. The number of likely N-dealkylation sites (tertiary alicyclic amines) is 2. The average Bonchev–Trinajstić information content (AvgIpc) is 2.89. The molecule has 0 spiro atoms. The van der Waals surface area contributed by atoms with E-state index in [1.165, 1.54) is 17.0 Å². The smallest absolute Gasteiger partial charge is 0.242 e. The van der Waals surface area contributed by atoms with Crippen molar-refractivity contribution in [3.8, 4) is 5.75 Å². The zero-order valence-corrected chi connectivity index (χ0v) is 17.8. The highest BCUT2D eigenvalue weighted by Gasteiger charge is 2.64. The molecule has 4 rings (SSSR count). The number of amides is 3. The Morgan fingerprint density at radius 2 is 1.87 bits per heavy atom. The van der Waals surface area contributed by atoms with E-state index in [0.29, 0.717) is 44.5 Å². The lowest BCUT2D eigenvalue weighted by molar-refractivity contribution is -0.170. The van der Waals surface area contributed by atoms with Crippen LogP contribution in [0.1, 0.15) is 46.5 Å². The van der Waals surface area contributed by atoms with Crippen LogP contribution < -0.4 is 4.74 Å². The molecule has 3 aliphatic rings. The van der Waals surface area contributed by atoms with Crippen molar-refractivity contribution in [2.24, 2.45) is 16.7 Å². The Kier molecular flexibility index (Phi) is 5.11. The summed E-state index contributed by atoms with van der Waals surface area (Å²) in [7, 11) is 0. The van der Waals surface area contributed by atoms with Gasteiger partial charge in [-0.1, -0.05) is 26.8 Å². The molecule has 1 aromatic rings. The number of benzene rings is 1. The standard InChI is InChI=1S/C23H29FN2O4/c1-22(2)18-7-10-23(22,3)21(29)26(20(18)28)14-19(27)25-11-8-16(9-12-25)30-17-6-4-5-15(24)13-17/h4-6,13,16,18H,7-12,14H2,1-3H3/t18-,23-/m0/s1. The zero-order valence-electron chi connectivity index (χ0n) is 17.8. The Hall–Kier alpha value is -2.44. The first-order valence-corrected chi connectivity index (χ1v) is 10.7. The zero-order chi connectivity index (χ0) is 21.7. The molecule has 0 N–H and O–H groups in total. The van der Waals surface area contributed by atoms with Gasteiger partial charge in [0.25, 0.3) is 0 Å². The lowest BCUT2D eigenvalue weighted by Gasteiger charge is -2.47. The summed E-state index contributed by atoms with van der Waals surface area (Å²) < 4.78 is 19.1. The predicted octanol–water partition coefficient (Wildman–Crippen LogP) is 3.01. The van der Waals surface area contributed by atoms with Crippen molar-refractivity contribution in [2.75, 3.05) is 19.6 Å². The monoisotopic (exact) mass is 416 g/mol. The fourth-order valence-electron chi connectivity index (χ4n) is 5.24. The molecule has 1 aliphatic carbocycles. The third-order valence-corrected chi connectivity index (χ3v) is 7.69. The molecule has 6 nitrogen and oxygen atoms in total. The first kappa shape index (κ1) is 20.8. The molecule has 162 valence electrons. The molecule has 1 saturated carbocycles. The van der Waals surface area contributed by atoms with Crippen LogP contribution in [0.5, 0.6) is 5.75 Å². The Morgan fingerprint density at radius 3 is 2.53 bits per heavy atom. The van der Waals surface area contributed by atoms with Crippen molar-refractivity contribution in [3.63, 3.8) is 0 Å². The predicted molar refractivity (Wildman–Crippen MR) is 108 cm³/mol. The summed E-state index contributed by atoms with van der Waals surface area (Å²) in [6.07, 6.45) is 2.53. The second kappa shape index (κ2) is 7.36. The van der Waals surface area contributed by atoms with Gasteiger partial charge >= 0.3 is 0 Å². The molecule has 2 bridgehead atoms. The van der Waals surface area contributed by atoms with Gasteiger partial charge in [-0.3, -0.25) is 19.3 Å². The maximum atomic E-state index is 13.3. The van der Waals surface area contributed by atoms with Crippen molar-refractivity contribution in [3.05, 3.63) is 30.1 Å². The first-order chi connectivity index (χ1) is 14.1. The average molecular weight is 416 g/mol. The number of piperidine rings is 2. The Morgan fingerprint density at radius 1 is 1.17 bits per heavy atom. The van der Waals surface area contributed by atoms with Gasteiger partial charge in [0.15, 0.2) is 0 Å². The van der Waals surface area contributed by atoms with E-state index in [4.69, 9.17) is 4.74 Å². The molecule has 2 atom stereocenters. The highest BCUT2D eigenvalue weighted by molar-refractivity contribution is 6.06. The van der Waals surface area contributed by atoms with Crippen LogP contribution in [0, 0.1) is 22.6 Å². The maximum absolute atomic E-state index is 13.3. The number of carbonyl (C=O) groups is 3. The van der Waals surface area contributed by atoms with Crippen LogP contribution in [-0.2, 0) is 14.4 Å². The molecule has 30 heavy (non-hydrogen) atoms. The molecular weight excluding hydrogens is 387 g/mol. The van der Waals surface area contributed by atoms with Gasteiger partial charge in [-0.2, -0.15) is 0 Å². The second-order valence-corrected chi connectivity index (χ2v) is 9.53. The highest BCUT2D eigenvalue weighted by Crippen LogP contribution is 2.60. The number of hydrogen-bond acceptors (Lipinski definition) is 4. The molecule has 0 radical (unpaired) electrons. The summed E-state index contributed by atoms with van der Waals surface area (Å²) in [5.41, 5.74) is -0.981. The normalized spacial score (nSPS) is 28.7. The summed E-state index contributed by atoms with van der Waals surface area (Å²) in [6.45, 7) is 6.69. The van der Waals surface area contributed by atoms with Gasteiger partial charge in [0, 0.05) is 37.9 Å². The van der Waals surface area contributed by atoms with E-state index in [9.17, 15) is 18.8 Å². The molecule has 2 aliphatic heterocycles. The minimum Gasteiger partial charge on any atom is -0.490 e. The topological polar surface area (TPSA) is 66.9 Å². The summed E-state index contributed by atoms with van der Waals surface area (Å²) in [5.74, 6) is -0.707. The molecule has 0 aromatic heterocycles. The Labute approximate surface area is 176 Å². The number of imide groups is 1. The molecule has 7 heteroatoms. The number of ether oxygens (including phenoxy) is 1. The van der Waals surface area contributed by atoms with E-state index in [1.54, 1.807) is 17.0 Å². The van der Waals surface area contributed by atoms with Crippen LogP contribution in [-0.4, -0.2) is 53.3 Å². The van der Waals surface area contributed by atoms with Gasteiger partial charge < -0.3 is 9.64 Å². The van der Waals surface area contributed by atoms with Crippen molar-refractivity contribution < 1.29 is 23.5 Å². The largest absolute Gasteiger partial charge is 0.490 e. The lowest BCUT2D eigenvalue weighted by atomic mass is 9.62. The van der Waals surface area contributed by atoms with Crippen LogP contribution >= 0.6 is 0 Å². The number of halogens is 1. The van der Waals surface area contributed by atoms with Gasteiger partial charge in [-0.15, -0.1) is 0 Å². The second-order valence-electron chi connectivity index (χ2n) is 9.53. The molecule has 0 unspecified atom stereocenters. The molecular formula is C23H29FN2O4. The van der Waals surface area contributed by atoms with Gasteiger partial charge in [-0.05, 0) is 30.4 Å². The quantitative estimate of drug-likeness (QED) is 0.708. The summed E-state index contributed by atoms with van der Waals surface area (Å²) in [5, 5.41) is 0. The van der Waals surface area contributed by atoms with Crippen molar-refractivity contribution in [1.82, 2.24) is 9.80 Å². The number of carbonyl (C=O) groups excluding carboxylic acids is 3. The first-order valence-electron chi connectivity index (χ1n) is 10.7. The van der Waals surface area contributed by atoms with E-state index in [1.807, 2.05) is 20.8 Å². The van der Waals surface area contributed by atoms with Crippen LogP contribution in [0.4, 0.5) is 4.39 Å². The van der Waals surface area contributed by atoms with Crippen molar-refractivity contribution in [2.45, 2.75) is 52.6 Å². The van der Waals surface area contributed by atoms with Crippen LogP contribution in [0.25, 0.3) is 0 Å². The van der Waals surface area contributed by atoms with E-state index in [-0.39, 0.29) is 47.5 Å².